The van der Waals surface area contributed by atoms with Crippen molar-refractivity contribution < 1.29 is 19.3 Å². The van der Waals surface area contributed by atoms with Crippen molar-refractivity contribution in [2.75, 3.05) is 6.61 Å². The number of nitrogens with one attached hydrogen (secondary N) is 1. The fraction of sp³-hybridized carbons (Fsp3) is 0.333. The van der Waals surface area contributed by atoms with Gasteiger partial charge in [0.15, 0.2) is 4.77 Å². The summed E-state index contributed by atoms with van der Waals surface area (Å²) in [6, 6.07) is 20.0. The second-order valence-electron chi connectivity index (χ2n) is 11.8. The zero-order valence-electron chi connectivity index (χ0n) is 25.7. The minimum absolute atomic E-state index is 0.0606. The predicted molar refractivity (Wildman–Crippen MR) is 187 cm³/mol. The Hall–Kier alpha value is -3.00. The van der Waals surface area contributed by atoms with Gasteiger partial charge in [-0.25, -0.2) is 14.3 Å². The van der Waals surface area contributed by atoms with E-state index in [0.29, 0.717) is 56.5 Å². The number of nitrogens with zero attached hydrogens (tertiary/aromatic N) is 5. The molecule has 2 aliphatic rings. The zero-order valence-corrected chi connectivity index (χ0v) is 29.6. The van der Waals surface area contributed by atoms with Crippen LogP contribution in [0, 0.1) is 4.77 Å². The molecule has 0 radical (unpaired) electrons. The molecule has 1 aliphatic heterocycles. The van der Waals surface area contributed by atoms with Crippen molar-refractivity contribution in [3.05, 3.63) is 117 Å². The third-order valence-corrected chi connectivity index (χ3v) is 10.2. The van der Waals surface area contributed by atoms with Gasteiger partial charge in [-0.1, -0.05) is 53.0 Å². The van der Waals surface area contributed by atoms with Crippen molar-refractivity contribution >= 4 is 58.6 Å². The molecule has 3 aromatic carbocycles. The van der Waals surface area contributed by atoms with E-state index in [1.54, 1.807) is 46.0 Å². The molecule has 5 aromatic rings. The van der Waals surface area contributed by atoms with E-state index in [-0.39, 0.29) is 12.6 Å². The van der Waals surface area contributed by atoms with Crippen molar-refractivity contribution in [2.45, 2.75) is 61.6 Å². The molecule has 1 saturated carbocycles. The highest BCUT2D eigenvalue weighted by Gasteiger charge is 2.58. The standard InChI is InChI=1S/C19H17Cl2N3O3.C14H15Cl2N3OS/c1-13-9-25-19(27-13,10-24-12-22-11-23-24)17-7-6-16(8-18(17)21)26-15-4-2-14(20)3-5-15;15-11-4-2-1-3-10(11)7-14(20,13(16)5-6-13)8-19-12(21)17-9-18-19/h2-8,11-13H,9-10H2,1H3;1-4,9,20H,5-8H2,(H,17,18,21). The minimum Gasteiger partial charge on any atom is -0.457 e. The van der Waals surface area contributed by atoms with Crippen molar-refractivity contribution in [2.24, 2.45) is 0 Å². The third-order valence-electron chi connectivity index (χ3n) is 8.17. The first-order valence-corrected chi connectivity index (χ1v) is 17.0. The molecule has 252 valence electrons. The number of H-pyrrole nitrogens is 1. The molecule has 1 saturated heterocycles. The highest BCUT2D eigenvalue weighted by molar-refractivity contribution is 7.71. The Bertz CT molecular complexity index is 1900. The molecule has 2 fully saturated rings. The molecule has 0 amide bonds. The average Bonchev–Trinajstić information content (AvgIpc) is 3.35. The number of ether oxygens (including phenoxy) is 3. The molecule has 48 heavy (non-hydrogen) atoms. The summed E-state index contributed by atoms with van der Waals surface area (Å²) in [5, 5.41) is 21.2. The van der Waals surface area contributed by atoms with Crippen LogP contribution in [0.2, 0.25) is 15.1 Å². The number of alkyl halides is 1. The van der Waals surface area contributed by atoms with Gasteiger partial charge < -0.3 is 24.3 Å². The maximum Gasteiger partial charge on any atom is 0.217 e. The zero-order chi connectivity index (χ0) is 33.9. The molecule has 3 unspecified atom stereocenters. The average molecular weight is 751 g/mol. The Morgan fingerprint density at radius 1 is 1.04 bits per heavy atom. The first-order chi connectivity index (χ1) is 23.0. The van der Waals surface area contributed by atoms with E-state index >= 15 is 0 Å². The monoisotopic (exact) mass is 748 g/mol. The van der Waals surface area contributed by atoms with E-state index < -0.39 is 16.3 Å². The van der Waals surface area contributed by atoms with Gasteiger partial charge >= 0.3 is 0 Å². The number of hydrogen-bond acceptors (Lipinski definition) is 8. The van der Waals surface area contributed by atoms with Crippen LogP contribution in [0.1, 0.15) is 30.9 Å². The van der Waals surface area contributed by atoms with Gasteiger partial charge in [-0.2, -0.15) is 10.2 Å². The number of benzene rings is 3. The van der Waals surface area contributed by atoms with Gasteiger partial charge in [-0.3, -0.25) is 0 Å². The fourth-order valence-corrected chi connectivity index (χ4v) is 6.55. The van der Waals surface area contributed by atoms with Crippen LogP contribution in [0.15, 0.2) is 85.7 Å². The third kappa shape index (κ3) is 7.90. The Morgan fingerprint density at radius 2 is 1.79 bits per heavy atom. The second-order valence-corrected chi connectivity index (χ2v) is 14.2. The number of aliphatic hydroxyl groups is 1. The number of aromatic amines is 1. The highest BCUT2D eigenvalue weighted by Crippen LogP contribution is 2.53. The van der Waals surface area contributed by atoms with E-state index in [1.165, 1.54) is 12.7 Å². The van der Waals surface area contributed by atoms with Crippen LogP contribution in [0.5, 0.6) is 11.5 Å². The van der Waals surface area contributed by atoms with Crippen LogP contribution in [-0.2, 0) is 34.8 Å². The maximum atomic E-state index is 11.2. The summed E-state index contributed by atoms with van der Waals surface area (Å²) in [4.78, 5) is 6.16. The first kappa shape index (κ1) is 34.8. The summed E-state index contributed by atoms with van der Waals surface area (Å²) in [6.07, 6.45) is 6.44. The van der Waals surface area contributed by atoms with Gasteiger partial charge in [0.25, 0.3) is 0 Å². The lowest BCUT2D eigenvalue weighted by Crippen LogP contribution is -2.47. The highest BCUT2D eigenvalue weighted by atomic mass is 35.5. The van der Waals surface area contributed by atoms with Gasteiger partial charge in [0.1, 0.15) is 42.6 Å². The summed E-state index contributed by atoms with van der Waals surface area (Å²) >= 11 is 30.4. The Balaban J connectivity index is 0.000000173. The quantitative estimate of drug-likeness (QED) is 0.109. The van der Waals surface area contributed by atoms with Crippen molar-refractivity contribution in [1.29, 1.82) is 0 Å². The van der Waals surface area contributed by atoms with Gasteiger partial charge in [0.05, 0.1) is 29.2 Å². The van der Waals surface area contributed by atoms with Gasteiger partial charge in [-0.05, 0) is 86.1 Å². The summed E-state index contributed by atoms with van der Waals surface area (Å²) in [7, 11) is 0. The van der Waals surface area contributed by atoms with Gasteiger partial charge in [0.2, 0.25) is 5.79 Å². The molecule has 15 heteroatoms. The normalized spacial score (nSPS) is 20.8. The van der Waals surface area contributed by atoms with Crippen LogP contribution in [0.3, 0.4) is 0 Å². The summed E-state index contributed by atoms with van der Waals surface area (Å²) in [5.41, 5.74) is 0.440. The molecule has 2 N–H and O–H groups in total. The van der Waals surface area contributed by atoms with E-state index in [4.69, 9.17) is 72.8 Å². The van der Waals surface area contributed by atoms with Gasteiger partial charge in [-0.15, -0.1) is 11.6 Å². The molecule has 0 bridgehead atoms. The summed E-state index contributed by atoms with van der Waals surface area (Å²) in [6.45, 7) is 3.00. The Labute approximate surface area is 302 Å². The second kappa shape index (κ2) is 14.5. The topological polar surface area (TPSA) is 112 Å². The number of rotatable bonds is 10. The largest absolute Gasteiger partial charge is 0.457 e. The Morgan fingerprint density at radius 3 is 2.40 bits per heavy atom. The van der Waals surface area contributed by atoms with Crippen LogP contribution in [-0.4, -0.2) is 57.8 Å². The SMILES string of the molecule is CC1COC(Cn2cncn2)(c2ccc(Oc3ccc(Cl)cc3)cc2Cl)O1.OC(Cc1ccccc1Cl)(Cn1nc[nH]c1=S)C1(Cl)CC1. The molecule has 7 rings (SSSR count). The fourth-order valence-electron chi connectivity index (χ4n) is 5.52. The van der Waals surface area contributed by atoms with E-state index in [9.17, 15) is 5.11 Å². The van der Waals surface area contributed by atoms with Gasteiger partial charge in [0, 0.05) is 22.0 Å². The van der Waals surface area contributed by atoms with Crippen LogP contribution < -0.4 is 4.74 Å². The van der Waals surface area contributed by atoms with Crippen LogP contribution in [0.4, 0.5) is 0 Å². The minimum atomic E-state index is -1.15. The molecule has 1 aliphatic carbocycles. The molecular weight excluding hydrogens is 718 g/mol. The van der Waals surface area contributed by atoms with Crippen LogP contribution in [0.25, 0.3) is 0 Å². The van der Waals surface area contributed by atoms with E-state index in [1.807, 2.05) is 43.3 Å². The van der Waals surface area contributed by atoms with E-state index in [2.05, 4.69) is 20.2 Å². The Kier molecular flexibility index (Phi) is 10.5. The predicted octanol–water partition coefficient (Wildman–Crippen LogP) is 8.00. The lowest BCUT2D eigenvalue weighted by molar-refractivity contribution is -0.186. The summed E-state index contributed by atoms with van der Waals surface area (Å²) < 4.78 is 21.7. The smallest absolute Gasteiger partial charge is 0.217 e. The lowest BCUT2D eigenvalue weighted by atomic mass is 9.89. The van der Waals surface area contributed by atoms with Crippen molar-refractivity contribution in [1.82, 2.24) is 29.5 Å². The number of hydrogen-bond donors (Lipinski definition) is 2. The maximum absolute atomic E-state index is 11.2. The number of halogens is 4. The lowest BCUT2D eigenvalue weighted by Gasteiger charge is -2.33. The van der Waals surface area contributed by atoms with Crippen molar-refractivity contribution in [3.8, 4) is 11.5 Å². The number of aromatic nitrogens is 6. The molecule has 3 heterocycles. The van der Waals surface area contributed by atoms with Crippen LogP contribution >= 0.6 is 58.6 Å². The van der Waals surface area contributed by atoms with Crippen molar-refractivity contribution in [3.63, 3.8) is 0 Å². The molecular formula is C33H32Cl4N6O4S. The first-order valence-electron chi connectivity index (χ1n) is 15.1. The molecule has 0 spiro atoms. The summed E-state index contributed by atoms with van der Waals surface area (Å²) in [5.74, 6) is 0.249. The van der Waals surface area contributed by atoms with E-state index in [0.717, 1.165) is 18.4 Å². The molecule has 3 atom stereocenters. The molecule has 2 aromatic heterocycles. The molecule has 10 nitrogen and oxygen atoms in total.